The van der Waals surface area contributed by atoms with Crippen molar-refractivity contribution >= 4 is 23.2 Å². The molecule has 23 heavy (non-hydrogen) atoms. The number of carboxylic acid groups (broad SMARTS) is 1. The first kappa shape index (κ1) is 17.7. The fourth-order valence-electron chi connectivity index (χ4n) is 2.69. The van der Waals surface area contributed by atoms with Crippen molar-refractivity contribution in [3.05, 3.63) is 16.1 Å². The zero-order chi connectivity index (χ0) is 17.0. The Bertz CT molecular complexity index is 566. The first-order valence-electron chi connectivity index (χ1n) is 7.27. The van der Waals surface area contributed by atoms with Crippen LogP contribution in [0.15, 0.2) is 5.38 Å². The van der Waals surface area contributed by atoms with E-state index in [1.165, 1.54) is 5.38 Å². The van der Waals surface area contributed by atoms with Crippen molar-refractivity contribution in [2.45, 2.75) is 44.8 Å². The van der Waals surface area contributed by atoms with Crippen LogP contribution in [0.1, 0.15) is 47.6 Å². The van der Waals surface area contributed by atoms with Gasteiger partial charge in [0.15, 0.2) is 5.69 Å². The monoisotopic (exact) mass is 350 g/mol. The number of nitrogens with zero attached hydrogens (tertiary/aromatic N) is 1. The van der Waals surface area contributed by atoms with Gasteiger partial charge in [0, 0.05) is 11.8 Å². The van der Waals surface area contributed by atoms with Gasteiger partial charge in [-0.2, -0.15) is 13.2 Å². The van der Waals surface area contributed by atoms with Gasteiger partial charge in [-0.05, 0) is 31.6 Å². The highest BCUT2D eigenvalue weighted by Crippen LogP contribution is 2.40. The molecule has 0 spiro atoms. The van der Waals surface area contributed by atoms with Crippen LogP contribution in [0.4, 0.5) is 13.2 Å². The number of carboxylic acids is 1. The second kappa shape index (κ2) is 7.29. The Labute approximate surface area is 134 Å². The summed E-state index contributed by atoms with van der Waals surface area (Å²) in [5, 5.41) is 13.3. The molecule has 9 heteroatoms. The van der Waals surface area contributed by atoms with Crippen LogP contribution in [0.2, 0.25) is 0 Å². The minimum atomic E-state index is -4.14. The normalized spacial score (nSPS) is 21.9. The molecule has 2 rings (SSSR count). The number of hydrogen-bond donors (Lipinski definition) is 2. The number of carbonyl (C=O) groups excluding carboxylic acids is 1. The van der Waals surface area contributed by atoms with E-state index in [9.17, 15) is 22.8 Å². The third-order valence-corrected chi connectivity index (χ3v) is 4.84. The van der Waals surface area contributed by atoms with Gasteiger partial charge in [0.2, 0.25) is 5.91 Å². The summed E-state index contributed by atoms with van der Waals surface area (Å²) in [6.07, 6.45) is -2.98. The van der Waals surface area contributed by atoms with E-state index in [-0.39, 0.29) is 43.3 Å². The van der Waals surface area contributed by atoms with Crippen molar-refractivity contribution in [3.8, 4) is 0 Å². The Kier molecular flexibility index (Phi) is 5.61. The summed E-state index contributed by atoms with van der Waals surface area (Å²) in [7, 11) is 0. The molecule has 1 aliphatic rings. The summed E-state index contributed by atoms with van der Waals surface area (Å²) >= 11 is 1.14. The van der Waals surface area contributed by atoms with E-state index in [1.807, 2.05) is 0 Å². The van der Waals surface area contributed by atoms with Crippen LogP contribution in [0.25, 0.3) is 0 Å². The highest BCUT2D eigenvalue weighted by molar-refractivity contribution is 7.09. The SMILES string of the molecule is O=C(CC1CCC(C(F)(F)F)CC1)NCc1nc(C(=O)O)cs1. The molecule has 5 nitrogen and oxygen atoms in total. The molecule has 0 aromatic carbocycles. The van der Waals surface area contributed by atoms with Crippen molar-refractivity contribution in [1.29, 1.82) is 0 Å². The first-order valence-corrected chi connectivity index (χ1v) is 8.14. The summed E-state index contributed by atoms with van der Waals surface area (Å²) in [5.41, 5.74) is -0.0651. The number of rotatable bonds is 5. The van der Waals surface area contributed by atoms with Crippen LogP contribution in [-0.2, 0) is 11.3 Å². The second-order valence-corrected chi connectivity index (χ2v) is 6.61. The largest absolute Gasteiger partial charge is 0.476 e. The number of amides is 1. The standard InChI is InChI=1S/C14H17F3N2O3S/c15-14(16,17)9-3-1-8(2-4-9)5-11(20)18-6-12-19-10(7-23-12)13(21)22/h7-9H,1-6H2,(H,18,20)(H,21,22). The molecule has 0 bridgehead atoms. The summed E-state index contributed by atoms with van der Waals surface area (Å²) in [6, 6.07) is 0. The lowest BCUT2D eigenvalue weighted by atomic mass is 9.80. The number of alkyl halides is 3. The van der Waals surface area contributed by atoms with E-state index >= 15 is 0 Å². The number of nitrogens with one attached hydrogen (secondary N) is 1. The van der Waals surface area contributed by atoms with Crippen molar-refractivity contribution in [3.63, 3.8) is 0 Å². The number of aromatic carboxylic acids is 1. The van der Waals surface area contributed by atoms with Crippen LogP contribution >= 0.6 is 11.3 Å². The van der Waals surface area contributed by atoms with Crippen LogP contribution in [0.3, 0.4) is 0 Å². The third-order valence-electron chi connectivity index (χ3n) is 3.99. The molecule has 0 atom stereocenters. The molecule has 0 radical (unpaired) electrons. The predicted molar refractivity (Wildman–Crippen MR) is 77.0 cm³/mol. The van der Waals surface area contributed by atoms with Crippen molar-refractivity contribution < 1.29 is 27.9 Å². The zero-order valence-electron chi connectivity index (χ0n) is 12.2. The van der Waals surface area contributed by atoms with Crippen molar-refractivity contribution in [2.75, 3.05) is 0 Å². The highest BCUT2D eigenvalue weighted by Gasteiger charge is 2.41. The molecular formula is C14H17F3N2O3S. The van der Waals surface area contributed by atoms with E-state index in [2.05, 4.69) is 10.3 Å². The van der Waals surface area contributed by atoms with Gasteiger partial charge in [0.25, 0.3) is 0 Å². The van der Waals surface area contributed by atoms with Gasteiger partial charge in [-0.15, -0.1) is 11.3 Å². The molecule has 0 saturated heterocycles. The van der Waals surface area contributed by atoms with Crippen molar-refractivity contribution in [1.82, 2.24) is 10.3 Å². The molecule has 1 aromatic heterocycles. The van der Waals surface area contributed by atoms with Crippen LogP contribution < -0.4 is 5.32 Å². The van der Waals surface area contributed by atoms with Gasteiger partial charge in [-0.25, -0.2) is 9.78 Å². The molecule has 1 saturated carbocycles. The number of thiazole rings is 1. The van der Waals surface area contributed by atoms with Gasteiger partial charge in [0.1, 0.15) is 5.01 Å². The molecule has 0 aliphatic heterocycles. The average molecular weight is 350 g/mol. The number of halogens is 3. The smallest absolute Gasteiger partial charge is 0.391 e. The Morgan fingerprint density at radius 3 is 2.48 bits per heavy atom. The van der Waals surface area contributed by atoms with Gasteiger partial charge in [0.05, 0.1) is 12.5 Å². The van der Waals surface area contributed by atoms with E-state index in [1.54, 1.807) is 0 Å². The Hall–Kier alpha value is -1.64. The average Bonchev–Trinajstić information content (AvgIpc) is 2.94. The second-order valence-electron chi connectivity index (χ2n) is 5.67. The van der Waals surface area contributed by atoms with Gasteiger partial charge < -0.3 is 10.4 Å². The number of carbonyl (C=O) groups is 2. The summed E-state index contributed by atoms with van der Waals surface area (Å²) in [6.45, 7) is 0.134. The lowest BCUT2D eigenvalue weighted by Gasteiger charge is -2.29. The summed E-state index contributed by atoms with van der Waals surface area (Å²) in [5.74, 6) is -2.64. The van der Waals surface area contributed by atoms with E-state index < -0.39 is 18.1 Å². The molecular weight excluding hydrogens is 333 g/mol. The molecule has 0 unspecified atom stereocenters. The fraction of sp³-hybridized carbons (Fsp3) is 0.643. The highest BCUT2D eigenvalue weighted by atomic mass is 32.1. The maximum atomic E-state index is 12.6. The van der Waals surface area contributed by atoms with E-state index in [0.717, 1.165) is 11.3 Å². The maximum absolute atomic E-state index is 12.6. The van der Waals surface area contributed by atoms with Crippen LogP contribution in [0, 0.1) is 11.8 Å². The maximum Gasteiger partial charge on any atom is 0.391 e. The molecule has 128 valence electrons. The van der Waals surface area contributed by atoms with E-state index in [0.29, 0.717) is 17.8 Å². The minimum absolute atomic E-state index is 0.0283. The fourth-order valence-corrected chi connectivity index (χ4v) is 3.40. The number of hydrogen-bond acceptors (Lipinski definition) is 4. The minimum Gasteiger partial charge on any atom is -0.476 e. The van der Waals surface area contributed by atoms with Gasteiger partial charge in [-0.3, -0.25) is 4.79 Å². The molecule has 2 N–H and O–H groups in total. The quantitative estimate of drug-likeness (QED) is 0.855. The van der Waals surface area contributed by atoms with E-state index in [4.69, 9.17) is 5.11 Å². The van der Waals surface area contributed by atoms with Crippen LogP contribution in [0.5, 0.6) is 0 Å². The Balaban J connectivity index is 1.72. The predicted octanol–water partition coefficient (Wildman–Crippen LogP) is 3.22. The topological polar surface area (TPSA) is 79.3 Å². The summed E-state index contributed by atoms with van der Waals surface area (Å²) in [4.78, 5) is 26.4. The van der Waals surface area contributed by atoms with Gasteiger partial charge >= 0.3 is 12.1 Å². The lowest BCUT2D eigenvalue weighted by Crippen LogP contribution is -2.30. The van der Waals surface area contributed by atoms with Crippen LogP contribution in [-0.4, -0.2) is 28.1 Å². The zero-order valence-corrected chi connectivity index (χ0v) is 13.0. The molecule has 1 aromatic rings. The molecule has 1 amide bonds. The third kappa shape index (κ3) is 5.19. The lowest BCUT2D eigenvalue weighted by molar-refractivity contribution is -0.184. The number of aromatic nitrogens is 1. The summed E-state index contributed by atoms with van der Waals surface area (Å²) < 4.78 is 37.7. The Morgan fingerprint density at radius 1 is 1.30 bits per heavy atom. The van der Waals surface area contributed by atoms with Gasteiger partial charge in [-0.1, -0.05) is 0 Å². The molecule has 1 heterocycles. The molecule has 1 aliphatic carbocycles. The van der Waals surface area contributed by atoms with Crippen molar-refractivity contribution in [2.24, 2.45) is 11.8 Å². The molecule has 1 fully saturated rings. The Morgan fingerprint density at radius 2 is 1.96 bits per heavy atom. The first-order chi connectivity index (χ1) is 10.8.